The fraction of sp³-hybridized carbons (Fsp3) is 0.857. The van der Waals surface area contributed by atoms with Crippen LogP contribution >= 0.6 is 11.8 Å². The zero-order valence-electron chi connectivity index (χ0n) is 11.6. The van der Waals surface area contributed by atoms with Gasteiger partial charge in [0.25, 0.3) is 0 Å². The summed E-state index contributed by atoms with van der Waals surface area (Å²) in [5.41, 5.74) is 6.18. The molecule has 1 aromatic heterocycles. The van der Waals surface area contributed by atoms with Crippen molar-refractivity contribution >= 4 is 11.8 Å². The van der Waals surface area contributed by atoms with Crippen LogP contribution in [0.2, 0.25) is 0 Å². The number of nitrogens with two attached hydrogens (primary N) is 1. The molecule has 19 heavy (non-hydrogen) atoms. The summed E-state index contributed by atoms with van der Waals surface area (Å²) >= 11 is 1.96. The van der Waals surface area contributed by atoms with Crippen molar-refractivity contribution < 1.29 is 4.52 Å². The molecule has 0 amide bonds. The highest BCUT2D eigenvalue weighted by Gasteiger charge is 2.41. The van der Waals surface area contributed by atoms with E-state index in [4.69, 9.17) is 15.2 Å². The molecule has 3 unspecified atom stereocenters. The van der Waals surface area contributed by atoms with Gasteiger partial charge in [-0.15, -0.1) is 0 Å². The van der Waals surface area contributed by atoms with Crippen LogP contribution in [0.4, 0.5) is 0 Å². The summed E-state index contributed by atoms with van der Waals surface area (Å²) in [6.45, 7) is 2.18. The highest BCUT2D eigenvalue weighted by Crippen LogP contribution is 2.40. The minimum Gasteiger partial charge on any atom is -0.339 e. The Morgan fingerprint density at radius 2 is 2.11 bits per heavy atom. The Balaban J connectivity index is 1.79. The van der Waals surface area contributed by atoms with Crippen LogP contribution in [0.5, 0.6) is 0 Å². The van der Waals surface area contributed by atoms with Gasteiger partial charge in [0, 0.05) is 6.04 Å². The molecule has 2 N–H and O–H groups in total. The van der Waals surface area contributed by atoms with Gasteiger partial charge in [0.2, 0.25) is 5.89 Å². The molecule has 0 radical (unpaired) electrons. The molecule has 4 nitrogen and oxygen atoms in total. The largest absolute Gasteiger partial charge is 0.339 e. The molecular formula is C14H23N3OS. The van der Waals surface area contributed by atoms with Crippen LogP contribution in [0.3, 0.4) is 0 Å². The SMILES string of the molecule is CC1(c2nc(C3CCCCS3)no2)CCCCC1N. The standard InChI is InChI=1S/C14H23N3OS/c1-14(8-4-2-7-11(14)15)13-16-12(17-18-13)10-6-3-5-9-19-10/h10-11H,2-9,15H2,1H3. The first-order chi connectivity index (χ1) is 9.20. The quantitative estimate of drug-likeness (QED) is 0.902. The lowest BCUT2D eigenvalue weighted by atomic mass is 9.72. The summed E-state index contributed by atoms with van der Waals surface area (Å²) in [4.78, 5) is 4.70. The maximum Gasteiger partial charge on any atom is 0.234 e. The summed E-state index contributed by atoms with van der Waals surface area (Å²) in [6.07, 6.45) is 8.31. The summed E-state index contributed by atoms with van der Waals surface area (Å²) in [5.74, 6) is 2.87. The molecule has 2 aliphatic rings. The third-order valence-electron chi connectivity index (χ3n) is 4.68. The Morgan fingerprint density at radius 3 is 2.84 bits per heavy atom. The number of hydrogen-bond donors (Lipinski definition) is 1. The average Bonchev–Trinajstić information content (AvgIpc) is 2.94. The molecule has 0 bridgehead atoms. The van der Waals surface area contributed by atoms with Crippen molar-refractivity contribution in [2.24, 2.45) is 5.73 Å². The highest BCUT2D eigenvalue weighted by molar-refractivity contribution is 7.99. The zero-order valence-corrected chi connectivity index (χ0v) is 12.4. The van der Waals surface area contributed by atoms with Gasteiger partial charge in [-0.3, -0.25) is 0 Å². The van der Waals surface area contributed by atoms with Crippen LogP contribution in [-0.4, -0.2) is 21.9 Å². The number of rotatable bonds is 2. The second-order valence-corrected chi connectivity index (χ2v) is 7.39. The monoisotopic (exact) mass is 281 g/mol. The molecule has 2 fully saturated rings. The lowest BCUT2D eigenvalue weighted by molar-refractivity contribution is 0.203. The summed E-state index contributed by atoms with van der Waals surface area (Å²) in [7, 11) is 0. The first-order valence-electron chi connectivity index (χ1n) is 7.41. The van der Waals surface area contributed by atoms with Crippen LogP contribution < -0.4 is 5.73 Å². The first kappa shape index (κ1) is 13.4. The predicted molar refractivity (Wildman–Crippen MR) is 77.1 cm³/mol. The molecular weight excluding hydrogens is 258 g/mol. The minimum atomic E-state index is -0.122. The van der Waals surface area contributed by atoms with E-state index in [1.807, 2.05) is 11.8 Å². The molecule has 0 aromatic carbocycles. The molecule has 3 rings (SSSR count). The number of thioether (sulfide) groups is 1. The molecule has 1 saturated carbocycles. The molecule has 1 aromatic rings. The van der Waals surface area contributed by atoms with Gasteiger partial charge in [0.1, 0.15) is 0 Å². The second-order valence-electron chi connectivity index (χ2n) is 6.08. The van der Waals surface area contributed by atoms with E-state index in [1.165, 1.54) is 37.9 Å². The molecule has 1 aliphatic heterocycles. The average molecular weight is 281 g/mol. The van der Waals surface area contributed by atoms with Crippen molar-refractivity contribution in [3.05, 3.63) is 11.7 Å². The fourth-order valence-electron chi connectivity index (χ4n) is 3.17. The maximum absolute atomic E-state index is 6.30. The van der Waals surface area contributed by atoms with E-state index in [1.54, 1.807) is 0 Å². The third kappa shape index (κ3) is 2.55. The van der Waals surface area contributed by atoms with Crippen molar-refractivity contribution in [1.29, 1.82) is 0 Å². The van der Waals surface area contributed by atoms with Crippen LogP contribution in [0.15, 0.2) is 4.52 Å². The Kier molecular flexibility index (Phi) is 3.85. The van der Waals surface area contributed by atoms with E-state index >= 15 is 0 Å². The van der Waals surface area contributed by atoms with E-state index < -0.39 is 0 Å². The fourth-order valence-corrected chi connectivity index (χ4v) is 4.40. The van der Waals surface area contributed by atoms with Crippen LogP contribution in [0.1, 0.15) is 68.8 Å². The van der Waals surface area contributed by atoms with Gasteiger partial charge in [-0.25, -0.2) is 0 Å². The molecule has 1 saturated heterocycles. The van der Waals surface area contributed by atoms with Gasteiger partial charge in [-0.05, 0) is 38.4 Å². The van der Waals surface area contributed by atoms with E-state index in [9.17, 15) is 0 Å². The predicted octanol–water partition coefficient (Wildman–Crippen LogP) is 3.19. The van der Waals surface area contributed by atoms with Crippen molar-refractivity contribution in [1.82, 2.24) is 10.1 Å². The van der Waals surface area contributed by atoms with E-state index in [0.29, 0.717) is 5.25 Å². The zero-order chi connectivity index (χ0) is 13.3. The Bertz CT molecular complexity index is 430. The maximum atomic E-state index is 6.30. The second kappa shape index (κ2) is 5.44. The van der Waals surface area contributed by atoms with Gasteiger partial charge < -0.3 is 10.3 Å². The van der Waals surface area contributed by atoms with Crippen LogP contribution in [-0.2, 0) is 5.41 Å². The third-order valence-corrected chi connectivity index (χ3v) is 6.05. The van der Waals surface area contributed by atoms with E-state index in [0.717, 1.165) is 24.6 Å². The van der Waals surface area contributed by atoms with Crippen LogP contribution in [0, 0.1) is 0 Å². The van der Waals surface area contributed by atoms with E-state index in [2.05, 4.69) is 12.1 Å². The van der Waals surface area contributed by atoms with Crippen molar-refractivity contribution in [3.8, 4) is 0 Å². The summed E-state index contributed by atoms with van der Waals surface area (Å²) in [6, 6.07) is 0.147. The normalized spacial score (nSPS) is 36.3. The lowest BCUT2D eigenvalue weighted by Crippen LogP contribution is -2.45. The molecule has 3 atom stereocenters. The topological polar surface area (TPSA) is 64.9 Å². The van der Waals surface area contributed by atoms with Gasteiger partial charge in [0.05, 0.1) is 10.7 Å². The van der Waals surface area contributed by atoms with Gasteiger partial charge in [0.15, 0.2) is 5.82 Å². The summed E-state index contributed by atoms with van der Waals surface area (Å²) < 4.78 is 5.58. The molecule has 1 aliphatic carbocycles. The number of hydrogen-bond acceptors (Lipinski definition) is 5. The Morgan fingerprint density at radius 1 is 1.26 bits per heavy atom. The van der Waals surface area contributed by atoms with Crippen molar-refractivity contribution in [2.45, 2.75) is 68.6 Å². The number of aromatic nitrogens is 2. The summed E-state index contributed by atoms with van der Waals surface area (Å²) in [5, 5.41) is 4.66. The number of nitrogens with zero attached hydrogens (tertiary/aromatic N) is 2. The van der Waals surface area contributed by atoms with Gasteiger partial charge >= 0.3 is 0 Å². The Hall–Kier alpha value is -0.550. The van der Waals surface area contributed by atoms with Gasteiger partial charge in [-0.2, -0.15) is 16.7 Å². The molecule has 5 heteroatoms. The van der Waals surface area contributed by atoms with Crippen LogP contribution in [0.25, 0.3) is 0 Å². The van der Waals surface area contributed by atoms with E-state index in [-0.39, 0.29) is 11.5 Å². The first-order valence-corrected chi connectivity index (χ1v) is 8.46. The smallest absolute Gasteiger partial charge is 0.234 e. The van der Waals surface area contributed by atoms with Crippen molar-refractivity contribution in [2.75, 3.05) is 5.75 Å². The van der Waals surface area contributed by atoms with Gasteiger partial charge in [-0.1, -0.05) is 24.4 Å². The Labute approximate surface area is 118 Å². The molecule has 0 spiro atoms. The molecule has 106 valence electrons. The highest BCUT2D eigenvalue weighted by atomic mass is 32.2. The van der Waals surface area contributed by atoms with Crippen molar-refractivity contribution in [3.63, 3.8) is 0 Å². The minimum absolute atomic E-state index is 0.122. The lowest BCUT2D eigenvalue weighted by Gasteiger charge is -2.36. The molecule has 2 heterocycles.